The molecule has 0 radical (unpaired) electrons. The van der Waals surface area contributed by atoms with Gasteiger partial charge in [-0.05, 0) is 6.42 Å². The molecule has 0 rings (SSSR count). The van der Waals surface area contributed by atoms with Crippen LogP contribution in [0.5, 0.6) is 0 Å². The molecule has 0 aromatic rings. The lowest BCUT2D eigenvalue weighted by Crippen LogP contribution is -2.43. The molecule has 5 N–H and O–H groups in total. The molecule has 6 heteroatoms. The summed E-state index contributed by atoms with van der Waals surface area (Å²) in [6.07, 6.45) is 0.614. The van der Waals surface area contributed by atoms with E-state index in [9.17, 15) is 4.79 Å². The molecule has 64 valence electrons. The molecule has 4 nitrogen and oxygen atoms in total. The molecule has 0 heterocycles. The zero-order chi connectivity index (χ0) is 6.57. The number of hydrogen-bond donors (Lipinski definition) is 3. The van der Waals surface area contributed by atoms with Crippen LogP contribution >= 0.6 is 24.8 Å². The molecule has 1 unspecified atom stereocenters. The highest BCUT2D eigenvalue weighted by Crippen LogP contribution is 1.81. The van der Waals surface area contributed by atoms with Crippen molar-refractivity contribution in [1.29, 1.82) is 0 Å². The fraction of sp³-hybridized carbons (Fsp3) is 0.750. The smallest absolute Gasteiger partial charge is 0.250 e. The van der Waals surface area contributed by atoms with Crippen LogP contribution in [0.3, 0.4) is 0 Å². The van der Waals surface area contributed by atoms with E-state index in [1.807, 2.05) is 12.3 Å². The van der Waals surface area contributed by atoms with Crippen LogP contribution in [-0.4, -0.2) is 11.9 Å². The van der Waals surface area contributed by atoms with E-state index >= 15 is 0 Å². The van der Waals surface area contributed by atoms with E-state index < -0.39 is 6.04 Å². The molecule has 0 saturated carbocycles. The van der Waals surface area contributed by atoms with Gasteiger partial charge in [0, 0.05) is 0 Å². The summed E-state index contributed by atoms with van der Waals surface area (Å²) in [5.41, 5.74) is 7.19. The van der Waals surface area contributed by atoms with Gasteiger partial charge >= 0.3 is 0 Å². The lowest BCUT2D eigenvalue weighted by molar-refractivity contribution is -0.122. The molecular formula is C4H13Cl2N3O. The minimum Gasteiger partial charge on any atom is -0.320 e. The van der Waals surface area contributed by atoms with Crippen molar-refractivity contribution < 1.29 is 4.79 Å². The average Bonchev–Trinajstić information content (AvgIpc) is 1.84. The van der Waals surface area contributed by atoms with Crippen LogP contribution in [0, 0.1) is 0 Å². The summed E-state index contributed by atoms with van der Waals surface area (Å²) in [6, 6.07) is -0.458. The summed E-state index contributed by atoms with van der Waals surface area (Å²) in [7, 11) is 0. The number of nitrogens with one attached hydrogen (secondary N) is 1. The Labute approximate surface area is 72.5 Å². The van der Waals surface area contributed by atoms with Crippen LogP contribution in [0.4, 0.5) is 0 Å². The van der Waals surface area contributed by atoms with Crippen molar-refractivity contribution in [1.82, 2.24) is 5.43 Å². The van der Waals surface area contributed by atoms with Crippen LogP contribution < -0.4 is 17.0 Å². The van der Waals surface area contributed by atoms with Gasteiger partial charge in [-0.25, -0.2) is 5.84 Å². The first-order valence-electron chi connectivity index (χ1n) is 2.48. The Morgan fingerprint density at radius 1 is 1.60 bits per heavy atom. The third-order valence-corrected chi connectivity index (χ3v) is 0.919. The molecule has 0 aromatic heterocycles. The van der Waals surface area contributed by atoms with E-state index in [0.29, 0.717) is 6.42 Å². The highest BCUT2D eigenvalue weighted by atomic mass is 35.5. The van der Waals surface area contributed by atoms with Crippen molar-refractivity contribution >= 4 is 30.7 Å². The summed E-state index contributed by atoms with van der Waals surface area (Å²) >= 11 is 0. The van der Waals surface area contributed by atoms with Gasteiger partial charge in [0.1, 0.15) is 0 Å². The number of amides is 1. The zero-order valence-electron chi connectivity index (χ0n) is 5.66. The topological polar surface area (TPSA) is 81.1 Å². The molecule has 0 aliphatic rings. The Morgan fingerprint density at radius 3 is 2.10 bits per heavy atom. The predicted molar refractivity (Wildman–Crippen MR) is 45.1 cm³/mol. The molecule has 0 fully saturated rings. The second-order valence-corrected chi connectivity index (χ2v) is 1.52. The molecular weight excluding hydrogens is 177 g/mol. The molecule has 0 saturated heterocycles. The largest absolute Gasteiger partial charge is 0.320 e. The summed E-state index contributed by atoms with van der Waals surface area (Å²) in [4.78, 5) is 10.4. The minimum absolute atomic E-state index is 0. The number of carbonyl (C=O) groups is 1. The van der Waals surface area contributed by atoms with Gasteiger partial charge in [-0.1, -0.05) is 6.92 Å². The lowest BCUT2D eigenvalue weighted by atomic mass is 10.2. The van der Waals surface area contributed by atoms with Crippen molar-refractivity contribution in [2.75, 3.05) is 0 Å². The van der Waals surface area contributed by atoms with Crippen LogP contribution in [0.2, 0.25) is 0 Å². The second kappa shape index (κ2) is 8.97. The standard InChI is InChI=1S/C4H11N3O.2ClH/c1-2-3(5)4(8)7-6;;/h3H,2,5-6H2,1H3,(H,7,8);2*1H. The Hall–Kier alpha value is -0.0300. The fourth-order valence-electron chi connectivity index (χ4n) is 0.292. The number of rotatable bonds is 2. The van der Waals surface area contributed by atoms with Crippen molar-refractivity contribution in [3.63, 3.8) is 0 Å². The summed E-state index contributed by atoms with van der Waals surface area (Å²) in [5, 5.41) is 0. The maximum absolute atomic E-state index is 10.4. The Bertz CT molecular complexity index is 90.6. The summed E-state index contributed by atoms with van der Waals surface area (Å²) in [5.74, 6) is 4.46. The van der Waals surface area contributed by atoms with Crippen molar-refractivity contribution in [3.8, 4) is 0 Å². The van der Waals surface area contributed by atoms with Crippen LogP contribution in [-0.2, 0) is 4.79 Å². The molecule has 0 bridgehead atoms. The first-order chi connectivity index (χ1) is 3.72. The number of nitrogens with two attached hydrogens (primary N) is 2. The normalized spacial score (nSPS) is 10.3. The van der Waals surface area contributed by atoms with E-state index in [-0.39, 0.29) is 30.7 Å². The molecule has 10 heavy (non-hydrogen) atoms. The van der Waals surface area contributed by atoms with E-state index in [1.165, 1.54) is 0 Å². The van der Waals surface area contributed by atoms with Gasteiger partial charge in [-0.2, -0.15) is 0 Å². The molecule has 0 spiro atoms. The second-order valence-electron chi connectivity index (χ2n) is 1.52. The Morgan fingerprint density at radius 2 is 2.00 bits per heavy atom. The quantitative estimate of drug-likeness (QED) is 0.313. The van der Waals surface area contributed by atoms with Gasteiger partial charge < -0.3 is 5.73 Å². The lowest BCUT2D eigenvalue weighted by Gasteiger charge is -2.03. The van der Waals surface area contributed by atoms with Crippen molar-refractivity contribution in [2.24, 2.45) is 11.6 Å². The van der Waals surface area contributed by atoms with E-state index in [4.69, 9.17) is 11.6 Å². The van der Waals surface area contributed by atoms with Crippen LogP contribution in [0.15, 0.2) is 0 Å². The third-order valence-electron chi connectivity index (χ3n) is 0.919. The SMILES string of the molecule is CCC(N)C(=O)NN.Cl.Cl. The number of hydrogen-bond acceptors (Lipinski definition) is 3. The number of hydrazine groups is 1. The zero-order valence-corrected chi connectivity index (χ0v) is 7.30. The first kappa shape index (κ1) is 16.5. The minimum atomic E-state index is -0.458. The van der Waals surface area contributed by atoms with Gasteiger partial charge in [0.2, 0.25) is 0 Å². The molecule has 1 atom stereocenters. The molecule has 0 aliphatic carbocycles. The summed E-state index contributed by atoms with van der Waals surface area (Å²) < 4.78 is 0. The average molecular weight is 190 g/mol. The predicted octanol–water partition coefficient (Wildman–Crippen LogP) is -0.443. The monoisotopic (exact) mass is 189 g/mol. The van der Waals surface area contributed by atoms with Crippen molar-refractivity contribution in [2.45, 2.75) is 19.4 Å². The van der Waals surface area contributed by atoms with Gasteiger partial charge in [0.05, 0.1) is 6.04 Å². The van der Waals surface area contributed by atoms with Gasteiger partial charge in [-0.15, -0.1) is 24.8 Å². The van der Waals surface area contributed by atoms with Crippen molar-refractivity contribution in [3.05, 3.63) is 0 Å². The third kappa shape index (κ3) is 6.10. The maximum Gasteiger partial charge on any atom is 0.250 e. The van der Waals surface area contributed by atoms with Crippen LogP contribution in [0.25, 0.3) is 0 Å². The van der Waals surface area contributed by atoms with Crippen LogP contribution in [0.1, 0.15) is 13.3 Å². The fourth-order valence-corrected chi connectivity index (χ4v) is 0.292. The molecule has 1 amide bonds. The first-order valence-corrected chi connectivity index (χ1v) is 2.48. The number of carbonyl (C=O) groups excluding carboxylic acids is 1. The van der Waals surface area contributed by atoms with Gasteiger partial charge in [0.15, 0.2) is 0 Å². The molecule has 0 aliphatic heterocycles. The van der Waals surface area contributed by atoms with E-state index in [2.05, 4.69) is 0 Å². The van der Waals surface area contributed by atoms with E-state index in [0.717, 1.165) is 0 Å². The highest BCUT2D eigenvalue weighted by molar-refractivity contribution is 5.85. The number of halogens is 2. The maximum atomic E-state index is 10.4. The van der Waals surface area contributed by atoms with E-state index in [1.54, 1.807) is 0 Å². The highest BCUT2D eigenvalue weighted by Gasteiger charge is 2.06. The Balaban J connectivity index is -0.000000245. The van der Waals surface area contributed by atoms with Gasteiger partial charge in [0.25, 0.3) is 5.91 Å². The van der Waals surface area contributed by atoms with Gasteiger partial charge in [-0.3, -0.25) is 10.2 Å². The Kier molecular flexibility index (Phi) is 14.8. The summed E-state index contributed by atoms with van der Waals surface area (Å²) in [6.45, 7) is 1.82. The molecule has 0 aromatic carbocycles.